The van der Waals surface area contributed by atoms with Gasteiger partial charge in [0, 0.05) is 51.2 Å². The number of hydrogen-bond acceptors (Lipinski definition) is 5. The summed E-state index contributed by atoms with van der Waals surface area (Å²) in [7, 11) is 0. The molecule has 0 aliphatic heterocycles. The van der Waals surface area contributed by atoms with Crippen molar-refractivity contribution >= 4 is 51.2 Å². The van der Waals surface area contributed by atoms with Gasteiger partial charge in [0.05, 0.1) is 2.74 Å². The minimum absolute atomic E-state index is 0.466. The van der Waals surface area contributed by atoms with Crippen LogP contribution in [-0.2, 0) is 0 Å². The zero-order valence-electron chi connectivity index (χ0n) is 42.6. The molecular weight excluding hydrogens is 891 g/mol. The van der Waals surface area contributed by atoms with E-state index in [1.807, 2.05) is 135 Å². The minimum atomic E-state index is 0.466. The van der Waals surface area contributed by atoms with Crippen molar-refractivity contribution in [1.82, 2.24) is 0 Å². The standard InChI is InChI=1S/C68H53N3O2/c1-50-17-15-27-62(45-50)69(56-23-11-5-12-24-56)58-29-37-65(38-30-58)72-67-41-33-60(34-42-67)71(64-48-54(52-19-7-3-8-20-52)47-55(49-64)53-21-9-4-10-22-53)61-35-43-68(44-36-61)73-66-39-31-59(32-40-66)70(57-25-13-6-14-26-57)63-28-16-18-51(2)46-63/h3-49H,1-2H3/i15T,16T. The third-order valence-corrected chi connectivity index (χ3v) is 12.6. The van der Waals surface area contributed by atoms with E-state index < -0.39 is 0 Å². The number of hydrogen-bond donors (Lipinski definition) is 0. The summed E-state index contributed by atoms with van der Waals surface area (Å²) in [6.07, 6.45) is 0. The van der Waals surface area contributed by atoms with Crippen LogP contribution in [0.4, 0.5) is 51.2 Å². The molecule has 0 aliphatic rings. The molecule has 352 valence electrons. The number of benzene rings is 11. The maximum Gasteiger partial charge on any atom is 0.127 e. The third-order valence-electron chi connectivity index (χ3n) is 12.6. The molecule has 0 bridgehead atoms. The molecule has 0 spiro atoms. The Balaban J connectivity index is 0.900. The minimum Gasteiger partial charge on any atom is -0.457 e. The highest BCUT2D eigenvalue weighted by molar-refractivity contribution is 5.85. The fourth-order valence-electron chi connectivity index (χ4n) is 9.16. The number of para-hydroxylation sites is 2. The Hall–Kier alpha value is -9.58. The van der Waals surface area contributed by atoms with Crippen LogP contribution in [0.2, 0.25) is 0 Å². The summed E-state index contributed by atoms with van der Waals surface area (Å²) < 4.78 is 29.9. The van der Waals surface area contributed by atoms with E-state index in [4.69, 9.17) is 12.2 Å². The first-order chi connectivity index (χ1) is 36.8. The Morgan fingerprint density at radius 1 is 0.247 bits per heavy atom. The van der Waals surface area contributed by atoms with Crippen molar-refractivity contribution in [1.29, 1.82) is 0 Å². The normalized spacial score (nSPS) is 11.3. The van der Waals surface area contributed by atoms with E-state index >= 15 is 0 Å². The van der Waals surface area contributed by atoms with Crippen LogP contribution >= 0.6 is 0 Å². The largest absolute Gasteiger partial charge is 0.457 e. The van der Waals surface area contributed by atoms with E-state index in [0.717, 1.165) is 84.6 Å². The fourth-order valence-corrected chi connectivity index (χ4v) is 9.16. The zero-order chi connectivity index (χ0) is 51.1. The van der Waals surface area contributed by atoms with Gasteiger partial charge in [-0.3, -0.25) is 0 Å². The van der Waals surface area contributed by atoms with Gasteiger partial charge in [-0.25, -0.2) is 0 Å². The van der Waals surface area contributed by atoms with Gasteiger partial charge in [-0.15, -0.1) is 0 Å². The van der Waals surface area contributed by atoms with Crippen molar-refractivity contribution in [3.05, 3.63) is 296 Å². The molecule has 0 unspecified atom stereocenters. The lowest BCUT2D eigenvalue weighted by Gasteiger charge is -2.27. The third kappa shape index (κ3) is 10.6. The van der Waals surface area contributed by atoms with Crippen LogP contribution in [0.25, 0.3) is 22.3 Å². The monoisotopic (exact) mass is 947 g/mol. The van der Waals surface area contributed by atoms with E-state index in [9.17, 15) is 0 Å². The number of anilines is 9. The van der Waals surface area contributed by atoms with E-state index in [0.29, 0.717) is 35.1 Å². The van der Waals surface area contributed by atoms with Crippen molar-refractivity contribution in [3.63, 3.8) is 0 Å². The lowest BCUT2D eigenvalue weighted by molar-refractivity contribution is 0.482. The first kappa shape index (κ1) is 43.4. The van der Waals surface area contributed by atoms with Gasteiger partial charge in [0.15, 0.2) is 0 Å². The van der Waals surface area contributed by atoms with Crippen LogP contribution in [0.1, 0.15) is 13.9 Å². The molecule has 5 nitrogen and oxygen atoms in total. The van der Waals surface area contributed by atoms with Crippen molar-refractivity contribution in [3.8, 4) is 45.3 Å². The smallest absolute Gasteiger partial charge is 0.127 e. The van der Waals surface area contributed by atoms with Gasteiger partial charge in [0.2, 0.25) is 0 Å². The van der Waals surface area contributed by atoms with Crippen LogP contribution in [0.15, 0.2) is 285 Å². The van der Waals surface area contributed by atoms with Gasteiger partial charge in [-0.05, 0) is 211 Å². The van der Waals surface area contributed by atoms with Gasteiger partial charge in [-0.1, -0.05) is 121 Å². The van der Waals surface area contributed by atoms with Gasteiger partial charge in [0.25, 0.3) is 0 Å². The molecule has 11 rings (SSSR count). The fraction of sp³-hybridized carbons (Fsp3) is 0.0294. The molecule has 0 radical (unpaired) electrons. The SMILES string of the molecule is [3H]c1cc(C)cc(N(c2ccccc2)c2ccc(Oc3ccc(N(c4ccc(Oc5ccc(N(c6ccccc6)c6cc([3H])cc(C)c6)cc5)cc4)c4cc(-c5ccccc5)cc(-c5ccccc5)c4)cc3)cc2)c1. The van der Waals surface area contributed by atoms with Gasteiger partial charge in [-0.2, -0.15) is 0 Å². The lowest BCUT2D eigenvalue weighted by Crippen LogP contribution is -2.10. The average Bonchev–Trinajstić information content (AvgIpc) is 3.43. The molecule has 5 heteroatoms. The molecule has 73 heavy (non-hydrogen) atoms. The van der Waals surface area contributed by atoms with E-state index in [1.165, 1.54) is 0 Å². The Kier molecular flexibility index (Phi) is 12.6. The molecule has 0 saturated heterocycles. The Labute approximate surface area is 431 Å². The zero-order valence-corrected chi connectivity index (χ0v) is 40.6. The number of aryl methyl sites for hydroxylation is 2. The maximum atomic E-state index is 8.43. The first-order valence-electron chi connectivity index (χ1n) is 25.5. The Morgan fingerprint density at radius 3 is 0.849 bits per heavy atom. The summed E-state index contributed by atoms with van der Waals surface area (Å²) >= 11 is 0. The molecule has 0 atom stereocenters. The quantitative estimate of drug-likeness (QED) is 0.102. The highest BCUT2D eigenvalue weighted by Crippen LogP contribution is 2.43. The van der Waals surface area contributed by atoms with Crippen molar-refractivity contribution in [2.75, 3.05) is 14.7 Å². The number of nitrogens with zero attached hydrogens (tertiary/aromatic N) is 3. The maximum absolute atomic E-state index is 8.43. The molecule has 0 aliphatic carbocycles. The van der Waals surface area contributed by atoms with Crippen LogP contribution in [0.3, 0.4) is 0 Å². The highest BCUT2D eigenvalue weighted by atomic mass is 16.5. The highest BCUT2D eigenvalue weighted by Gasteiger charge is 2.18. The molecule has 11 aromatic rings. The topological polar surface area (TPSA) is 28.2 Å². The van der Waals surface area contributed by atoms with Gasteiger partial charge < -0.3 is 24.2 Å². The second-order valence-corrected chi connectivity index (χ2v) is 17.9. The summed E-state index contributed by atoms with van der Waals surface area (Å²) in [5, 5.41) is 0. The second-order valence-electron chi connectivity index (χ2n) is 17.9. The molecule has 0 N–H and O–H groups in total. The molecule has 11 aromatic carbocycles. The Morgan fingerprint density at radius 2 is 0.534 bits per heavy atom. The average molecular weight is 948 g/mol. The second kappa shape index (κ2) is 21.2. The van der Waals surface area contributed by atoms with E-state index in [2.05, 4.69) is 166 Å². The molecule has 0 fully saturated rings. The first-order valence-corrected chi connectivity index (χ1v) is 24.5. The van der Waals surface area contributed by atoms with Crippen LogP contribution in [-0.4, -0.2) is 0 Å². The predicted molar refractivity (Wildman–Crippen MR) is 304 cm³/mol. The summed E-state index contributed by atoms with van der Waals surface area (Å²) in [5.74, 6) is 2.82. The predicted octanol–water partition coefficient (Wildman–Crippen LogP) is 19.6. The number of rotatable bonds is 15. The summed E-state index contributed by atoms with van der Waals surface area (Å²) in [6, 6.07) is 93.5. The van der Waals surface area contributed by atoms with E-state index in [1.54, 1.807) is 0 Å². The Bertz CT molecular complexity index is 3390. The molecule has 0 heterocycles. The molecule has 0 saturated carbocycles. The summed E-state index contributed by atoms with van der Waals surface area (Å²) in [6.45, 7) is 4.04. The van der Waals surface area contributed by atoms with Gasteiger partial charge in [0.1, 0.15) is 23.0 Å². The van der Waals surface area contributed by atoms with Gasteiger partial charge >= 0.3 is 0 Å². The number of ether oxygens (including phenoxy) is 2. The van der Waals surface area contributed by atoms with E-state index in [-0.39, 0.29) is 0 Å². The molecule has 0 aromatic heterocycles. The summed E-state index contributed by atoms with van der Waals surface area (Å²) in [5.41, 5.74) is 15.2. The molecular formula is C68H53N3O2. The van der Waals surface area contributed by atoms with Crippen LogP contribution in [0.5, 0.6) is 23.0 Å². The van der Waals surface area contributed by atoms with Crippen LogP contribution < -0.4 is 24.2 Å². The van der Waals surface area contributed by atoms with Crippen molar-refractivity contribution in [2.45, 2.75) is 13.8 Å². The summed E-state index contributed by atoms with van der Waals surface area (Å²) in [4.78, 5) is 6.59. The van der Waals surface area contributed by atoms with Crippen molar-refractivity contribution < 1.29 is 12.2 Å². The van der Waals surface area contributed by atoms with Crippen LogP contribution in [0, 0.1) is 13.8 Å². The lowest BCUT2D eigenvalue weighted by atomic mass is 9.97. The molecule has 0 amide bonds. The van der Waals surface area contributed by atoms with Crippen molar-refractivity contribution in [2.24, 2.45) is 0 Å².